The number of aliphatic imine (C=N–C) groups is 1. The molecule has 4 bridgehead atoms. The molecule has 1 aromatic rings. The van der Waals surface area contributed by atoms with Crippen molar-refractivity contribution in [3.05, 3.63) is 10.4 Å². The van der Waals surface area contributed by atoms with Crippen molar-refractivity contribution < 1.29 is 0 Å². The van der Waals surface area contributed by atoms with E-state index in [-0.39, 0.29) is 5.54 Å². The van der Waals surface area contributed by atoms with Gasteiger partial charge in [0.1, 0.15) is 4.21 Å². The Morgan fingerprint density at radius 1 is 1.14 bits per heavy atom. The lowest BCUT2D eigenvalue weighted by atomic mass is 9.53. The summed E-state index contributed by atoms with van der Waals surface area (Å²) in [6.07, 6.45) is 8.29. The second-order valence-corrected chi connectivity index (χ2v) is 9.94. The molecule has 21 heavy (non-hydrogen) atoms. The van der Waals surface area contributed by atoms with Crippen LogP contribution in [-0.2, 0) is 0 Å². The first-order valence-corrected chi connectivity index (χ1v) is 9.78. The number of guanidine groups is 1. The summed E-state index contributed by atoms with van der Waals surface area (Å²) in [5, 5.41) is 3.44. The van der Waals surface area contributed by atoms with Crippen molar-refractivity contribution in [2.24, 2.45) is 22.7 Å². The maximum Gasteiger partial charge on any atom is 0.206 e. The summed E-state index contributed by atoms with van der Waals surface area (Å²) < 4.78 is 5.40. The molecule has 0 saturated heterocycles. The molecule has 0 atom stereocenters. The molecule has 5 aliphatic rings. The van der Waals surface area contributed by atoms with Crippen LogP contribution in [0.1, 0.15) is 38.5 Å². The van der Waals surface area contributed by atoms with E-state index in [0.717, 1.165) is 33.7 Å². The van der Waals surface area contributed by atoms with Crippen LogP contribution in [0.2, 0.25) is 4.34 Å². The van der Waals surface area contributed by atoms with Crippen molar-refractivity contribution in [3.8, 4) is 0 Å². The summed E-state index contributed by atoms with van der Waals surface area (Å²) in [5.74, 6) is 3.73. The van der Waals surface area contributed by atoms with E-state index in [1.54, 1.807) is 23.3 Å². The maximum atomic E-state index is 6.10. The minimum atomic E-state index is 0.210. The van der Waals surface area contributed by atoms with Gasteiger partial charge in [0, 0.05) is 11.9 Å². The van der Waals surface area contributed by atoms with Gasteiger partial charge in [0.15, 0.2) is 0 Å². The van der Waals surface area contributed by atoms with Crippen LogP contribution in [0.25, 0.3) is 0 Å². The van der Waals surface area contributed by atoms with Gasteiger partial charge in [0.2, 0.25) is 5.96 Å². The Bertz CT molecular complexity index is 589. The van der Waals surface area contributed by atoms with Crippen LogP contribution in [-0.4, -0.2) is 11.5 Å². The molecule has 1 aliphatic heterocycles. The van der Waals surface area contributed by atoms with Crippen molar-refractivity contribution in [1.29, 1.82) is 0 Å². The van der Waals surface area contributed by atoms with Crippen LogP contribution >= 0.6 is 34.9 Å². The van der Waals surface area contributed by atoms with Crippen molar-refractivity contribution in [1.82, 2.24) is 4.72 Å². The van der Waals surface area contributed by atoms with Gasteiger partial charge in [-0.1, -0.05) is 11.6 Å². The summed E-state index contributed by atoms with van der Waals surface area (Å²) in [5.41, 5.74) is 1.32. The first-order chi connectivity index (χ1) is 10.2. The lowest BCUT2D eigenvalue weighted by molar-refractivity contribution is 0.00159. The molecule has 112 valence electrons. The number of thiophene rings is 1. The molecular formula is C15H18ClN3S2. The summed E-state index contributed by atoms with van der Waals surface area (Å²) >= 11 is 9.34. The third-order valence-electron chi connectivity index (χ3n) is 5.52. The average molecular weight is 340 g/mol. The minimum absolute atomic E-state index is 0.210. The zero-order valence-corrected chi connectivity index (χ0v) is 14.1. The zero-order chi connectivity index (χ0) is 14.0. The van der Waals surface area contributed by atoms with Crippen molar-refractivity contribution in [3.63, 3.8) is 0 Å². The van der Waals surface area contributed by atoms with Gasteiger partial charge < -0.3 is 5.32 Å². The summed E-state index contributed by atoms with van der Waals surface area (Å²) in [6, 6.07) is 2.00. The highest BCUT2D eigenvalue weighted by Crippen LogP contribution is 2.57. The molecule has 0 spiro atoms. The first kappa shape index (κ1) is 13.1. The third-order valence-corrected chi connectivity index (χ3v) is 7.78. The van der Waals surface area contributed by atoms with Gasteiger partial charge in [-0.2, -0.15) is 0 Å². The second kappa shape index (κ2) is 4.56. The molecule has 0 unspecified atom stereocenters. The number of hydrogen-bond acceptors (Lipinski definition) is 3. The summed E-state index contributed by atoms with van der Waals surface area (Å²) in [4.78, 5) is 5.17. The normalized spacial score (nSPS) is 41.8. The predicted octanol–water partition coefficient (Wildman–Crippen LogP) is 4.75. The van der Waals surface area contributed by atoms with E-state index < -0.39 is 0 Å². The molecule has 2 heterocycles. The van der Waals surface area contributed by atoms with E-state index in [0.29, 0.717) is 0 Å². The van der Waals surface area contributed by atoms with Gasteiger partial charge >= 0.3 is 0 Å². The number of halogens is 1. The molecule has 4 fully saturated rings. The summed E-state index contributed by atoms with van der Waals surface area (Å²) in [7, 11) is 0. The molecule has 6 rings (SSSR count). The highest BCUT2D eigenvalue weighted by Gasteiger charge is 2.51. The van der Waals surface area contributed by atoms with Crippen molar-refractivity contribution in [2.75, 3.05) is 5.32 Å². The Kier molecular flexibility index (Phi) is 2.84. The Morgan fingerprint density at radius 3 is 2.48 bits per heavy atom. The molecule has 0 amide bonds. The molecule has 2 N–H and O–H groups in total. The lowest BCUT2D eigenvalue weighted by Crippen LogP contribution is -2.50. The Balaban J connectivity index is 1.44. The third kappa shape index (κ3) is 2.20. The second-order valence-electron chi connectivity index (χ2n) is 7.18. The molecule has 0 radical (unpaired) electrons. The number of rotatable bonds is 1. The molecule has 6 heteroatoms. The largest absolute Gasteiger partial charge is 0.324 e. The van der Waals surface area contributed by atoms with Gasteiger partial charge in [-0.15, -0.1) is 11.3 Å². The van der Waals surface area contributed by atoms with E-state index >= 15 is 0 Å². The fraction of sp³-hybridized carbons (Fsp3) is 0.667. The van der Waals surface area contributed by atoms with E-state index in [2.05, 4.69) is 10.0 Å². The summed E-state index contributed by atoms with van der Waals surface area (Å²) in [6.45, 7) is 0. The molecular weight excluding hydrogens is 322 g/mol. The Morgan fingerprint density at radius 2 is 1.81 bits per heavy atom. The highest BCUT2D eigenvalue weighted by molar-refractivity contribution is 8.00. The zero-order valence-electron chi connectivity index (χ0n) is 11.7. The topological polar surface area (TPSA) is 36.4 Å². The molecule has 0 aromatic carbocycles. The number of anilines is 1. The monoisotopic (exact) mass is 339 g/mol. The van der Waals surface area contributed by atoms with Crippen LogP contribution in [0.3, 0.4) is 0 Å². The lowest BCUT2D eigenvalue weighted by Gasteiger charge is -2.55. The SMILES string of the molecule is Clc1cc2c(s1)SNC(=NC13CC4CC(CC(C4)C1)C3)N2. The molecule has 4 aliphatic carbocycles. The van der Waals surface area contributed by atoms with Gasteiger partial charge in [0.25, 0.3) is 0 Å². The molecule has 4 saturated carbocycles. The van der Waals surface area contributed by atoms with Gasteiger partial charge in [-0.3, -0.25) is 4.72 Å². The number of nitrogens with one attached hydrogen (secondary N) is 2. The van der Waals surface area contributed by atoms with E-state index in [4.69, 9.17) is 16.6 Å². The Hall–Kier alpha value is -0.390. The van der Waals surface area contributed by atoms with E-state index in [1.165, 1.54) is 42.7 Å². The minimum Gasteiger partial charge on any atom is -0.324 e. The quantitative estimate of drug-likeness (QED) is 0.725. The van der Waals surface area contributed by atoms with E-state index in [1.807, 2.05) is 6.07 Å². The number of fused-ring (bicyclic) bond motifs is 1. The standard InChI is InChI=1S/C15H18ClN3S2/c16-12-4-11-13(20-12)21-19-14(17-11)18-15-5-8-1-9(6-15)3-10(2-8)7-15/h4,8-10H,1-3,5-7H2,(H2,17,18,19). The van der Waals surface area contributed by atoms with Gasteiger partial charge in [-0.25, -0.2) is 4.99 Å². The number of hydrogen-bond donors (Lipinski definition) is 2. The van der Waals surface area contributed by atoms with Crippen molar-refractivity contribution in [2.45, 2.75) is 48.3 Å². The average Bonchev–Trinajstić information content (AvgIpc) is 2.75. The highest BCUT2D eigenvalue weighted by atomic mass is 35.5. The Labute approximate surface area is 138 Å². The van der Waals surface area contributed by atoms with E-state index in [9.17, 15) is 0 Å². The molecule has 1 aromatic heterocycles. The van der Waals surface area contributed by atoms with Crippen LogP contribution in [0, 0.1) is 17.8 Å². The fourth-order valence-electron chi connectivity index (χ4n) is 5.25. The number of nitrogens with zero attached hydrogens (tertiary/aromatic N) is 1. The molecule has 3 nitrogen and oxygen atoms in total. The van der Waals surface area contributed by atoms with Crippen molar-refractivity contribution >= 4 is 46.5 Å². The fourth-order valence-corrected chi connectivity index (χ4v) is 7.36. The van der Waals surface area contributed by atoms with Crippen LogP contribution in [0.15, 0.2) is 15.3 Å². The smallest absolute Gasteiger partial charge is 0.206 e. The predicted molar refractivity (Wildman–Crippen MR) is 90.3 cm³/mol. The van der Waals surface area contributed by atoms with Crippen LogP contribution in [0.5, 0.6) is 0 Å². The maximum absolute atomic E-state index is 6.10. The van der Waals surface area contributed by atoms with Gasteiger partial charge in [-0.05, 0) is 62.3 Å². The van der Waals surface area contributed by atoms with Gasteiger partial charge in [0.05, 0.1) is 15.6 Å². The van der Waals surface area contributed by atoms with Crippen LogP contribution < -0.4 is 10.0 Å². The first-order valence-electron chi connectivity index (χ1n) is 7.76. The van der Waals surface area contributed by atoms with Crippen LogP contribution in [0.4, 0.5) is 5.69 Å².